The first-order chi connectivity index (χ1) is 18.8. The third-order valence-corrected chi connectivity index (χ3v) is 10.0. The lowest BCUT2D eigenvalue weighted by Crippen LogP contribution is -2.65. The number of para-hydroxylation sites is 1. The number of nitrogens with zero attached hydrogens (tertiary/aromatic N) is 1. The van der Waals surface area contributed by atoms with Crippen molar-refractivity contribution in [3.63, 3.8) is 0 Å². The van der Waals surface area contributed by atoms with Crippen LogP contribution in [0.1, 0.15) is 56.3 Å². The molecule has 4 aliphatic rings. The summed E-state index contributed by atoms with van der Waals surface area (Å²) in [4.78, 5) is 33.0. The van der Waals surface area contributed by atoms with Crippen LogP contribution in [0.5, 0.6) is 0 Å². The first kappa shape index (κ1) is 26.1. The van der Waals surface area contributed by atoms with Crippen molar-refractivity contribution in [2.75, 3.05) is 6.61 Å². The fourth-order valence-electron chi connectivity index (χ4n) is 8.28. The summed E-state index contributed by atoms with van der Waals surface area (Å²) in [5, 5.41) is 23.3. The fraction of sp³-hybridized carbons (Fsp3) is 0.500. The monoisotopic (exact) mass is 529 g/mol. The summed E-state index contributed by atoms with van der Waals surface area (Å²) < 4.78 is 0. The molecule has 0 radical (unpaired) electrons. The van der Waals surface area contributed by atoms with Gasteiger partial charge in [-0.15, -0.1) is 0 Å². The Morgan fingerprint density at radius 1 is 1.00 bits per heavy atom. The topological polar surface area (TPSA) is 120 Å². The van der Waals surface area contributed by atoms with Crippen LogP contribution in [0.25, 0.3) is 10.9 Å². The van der Waals surface area contributed by atoms with Gasteiger partial charge >= 0.3 is 0 Å². The van der Waals surface area contributed by atoms with Crippen LogP contribution in [0, 0.1) is 29.1 Å². The predicted molar refractivity (Wildman–Crippen MR) is 149 cm³/mol. The third-order valence-electron chi connectivity index (χ3n) is 10.0. The second kappa shape index (κ2) is 10.1. The molecule has 2 unspecified atom stereocenters. The highest BCUT2D eigenvalue weighted by Gasteiger charge is 2.56. The van der Waals surface area contributed by atoms with Gasteiger partial charge in [0.15, 0.2) is 0 Å². The number of rotatable bonds is 9. The minimum Gasteiger partial charge on any atom is -0.394 e. The predicted octanol–water partition coefficient (Wildman–Crippen LogP) is 3.95. The molecule has 4 bridgehead atoms. The van der Waals surface area contributed by atoms with Crippen LogP contribution in [0.4, 0.5) is 0 Å². The van der Waals surface area contributed by atoms with Crippen molar-refractivity contribution in [1.82, 2.24) is 9.88 Å². The number of nitrogens with one attached hydrogen (secondary N) is 1. The van der Waals surface area contributed by atoms with Crippen LogP contribution in [-0.2, 0) is 16.0 Å². The number of benzene rings is 2. The molecule has 0 spiro atoms. The molecule has 2 amide bonds. The number of carbonyl (C=O) groups is 2. The molecule has 1 heterocycles. The van der Waals surface area contributed by atoms with E-state index >= 15 is 0 Å². The van der Waals surface area contributed by atoms with Gasteiger partial charge in [0.25, 0.3) is 0 Å². The molecule has 0 saturated heterocycles. The summed E-state index contributed by atoms with van der Waals surface area (Å²) in [5.74, 6) is 0.867. The summed E-state index contributed by atoms with van der Waals surface area (Å²) >= 11 is 0. The van der Waals surface area contributed by atoms with Gasteiger partial charge in [-0.1, -0.05) is 48.5 Å². The largest absolute Gasteiger partial charge is 0.394 e. The lowest BCUT2D eigenvalue weighted by molar-refractivity contribution is -0.168. The summed E-state index contributed by atoms with van der Waals surface area (Å²) in [5.41, 5.74) is 6.90. The zero-order valence-corrected chi connectivity index (χ0v) is 22.5. The normalized spacial score (nSPS) is 28.6. The molecule has 7 heteroatoms. The molecule has 0 aliphatic heterocycles. The second-order valence-corrected chi connectivity index (χ2v) is 12.5. The van der Waals surface area contributed by atoms with Gasteiger partial charge in [0.2, 0.25) is 11.8 Å². The molecule has 4 fully saturated rings. The maximum atomic E-state index is 14.8. The molecule has 1 aromatic heterocycles. The van der Waals surface area contributed by atoms with Gasteiger partial charge in [-0.2, -0.15) is 0 Å². The smallest absolute Gasteiger partial charge is 0.239 e. The Bertz CT molecular complexity index is 1330. The van der Waals surface area contributed by atoms with Crippen LogP contribution < -0.4 is 5.73 Å². The molecule has 206 valence electrons. The van der Waals surface area contributed by atoms with E-state index in [2.05, 4.69) is 4.98 Å². The summed E-state index contributed by atoms with van der Waals surface area (Å²) in [6.45, 7) is 1.22. The molecule has 7 rings (SSSR count). The van der Waals surface area contributed by atoms with Crippen LogP contribution in [0.15, 0.2) is 60.8 Å². The number of amides is 2. The molecule has 5 N–H and O–H groups in total. The average Bonchev–Trinajstić information content (AvgIpc) is 3.34. The molecule has 7 nitrogen and oxygen atoms in total. The second-order valence-electron chi connectivity index (χ2n) is 12.5. The summed E-state index contributed by atoms with van der Waals surface area (Å²) in [6, 6.07) is 16.0. The molecule has 4 saturated carbocycles. The van der Waals surface area contributed by atoms with Gasteiger partial charge in [-0.3, -0.25) is 9.59 Å². The average molecular weight is 530 g/mol. The minimum atomic E-state index is -1.55. The van der Waals surface area contributed by atoms with Crippen molar-refractivity contribution in [3.05, 3.63) is 71.9 Å². The SMILES string of the molecule is CC(Cc1c[nH]c2ccccc12)(C(N)=O)C(=O)N(C1C2CC3CC(C2)CC1C3)[C@@H](CO)C(O)c1ccccc1. The zero-order valence-electron chi connectivity index (χ0n) is 22.5. The van der Waals surface area contributed by atoms with E-state index in [4.69, 9.17) is 5.73 Å². The van der Waals surface area contributed by atoms with Crippen LogP contribution in [-0.4, -0.2) is 50.6 Å². The van der Waals surface area contributed by atoms with Gasteiger partial charge in [-0.25, -0.2) is 0 Å². The molecule has 39 heavy (non-hydrogen) atoms. The van der Waals surface area contributed by atoms with Crippen molar-refractivity contribution in [3.8, 4) is 0 Å². The van der Waals surface area contributed by atoms with E-state index in [9.17, 15) is 19.8 Å². The first-order valence-corrected chi connectivity index (χ1v) is 14.3. The number of aromatic amines is 1. The Morgan fingerprint density at radius 2 is 1.62 bits per heavy atom. The Hall–Kier alpha value is -3.16. The minimum absolute atomic E-state index is 0.133. The van der Waals surface area contributed by atoms with E-state index in [1.54, 1.807) is 11.8 Å². The lowest BCUT2D eigenvalue weighted by atomic mass is 9.53. The molecule has 3 atom stereocenters. The van der Waals surface area contributed by atoms with E-state index < -0.39 is 36.0 Å². The number of aliphatic hydroxyl groups is 2. The standard InChI is InChI=1S/C32H39N3O4/c1-32(30(33)38,16-24-17-34-26-10-6-5-9-25(24)26)31(39)35(27(18-36)29(37)21-7-3-2-4-8-21)28-22-12-19-11-20(14-22)15-23(28)13-19/h2-10,17,19-20,22-23,27-29,34,36-37H,11-16,18H2,1H3,(H2,33,38)/t19?,20?,22?,23?,27-,28?,29?,32?/m0/s1. The number of hydrogen-bond donors (Lipinski definition) is 4. The molecule has 4 aliphatic carbocycles. The van der Waals surface area contributed by atoms with E-state index in [0.717, 1.165) is 42.1 Å². The molecule has 3 aromatic rings. The number of aliphatic hydroxyl groups excluding tert-OH is 2. The Labute approximate surface area is 229 Å². The maximum Gasteiger partial charge on any atom is 0.239 e. The highest BCUT2D eigenvalue weighted by Crippen LogP contribution is 2.56. The van der Waals surface area contributed by atoms with Crippen LogP contribution >= 0.6 is 0 Å². The third kappa shape index (κ3) is 4.45. The van der Waals surface area contributed by atoms with E-state index in [0.29, 0.717) is 29.2 Å². The molecule has 2 aromatic carbocycles. The van der Waals surface area contributed by atoms with Crippen LogP contribution in [0.2, 0.25) is 0 Å². The highest BCUT2D eigenvalue weighted by atomic mass is 16.3. The van der Waals surface area contributed by atoms with Gasteiger partial charge in [0, 0.05) is 23.1 Å². The number of carbonyl (C=O) groups excluding carboxylic acids is 2. The van der Waals surface area contributed by atoms with Crippen molar-refractivity contribution in [1.29, 1.82) is 0 Å². The summed E-state index contributed by atoms with van der Waals surface area (Å²) in [7, 11) is 0. The number of fused-ring (bicyclic) bond motifs is 1. The van der Waals surface area contributed by atoms with Gasteiger partial charge in [0.05, 0.1) is 12.6 Å². The van der Waals surface area contributed by atoms with Gasteiger partial charge in [0.1, 0.15) is 11.5 Å². The number of hydrogen-bond acceptors (Lipinski definition) is 4. The van der Waals surface area contributed by atoms with E-state index in [-0.39, 0.29) is 12.5 Å². The van der Waals surface area contributed by atoms with Crippen molar-refractivity contribution < 1.29 is 19.8 Å². The Kier molecular flexibility index (Phi) is 6.76. The van der Waals surface area contributed by atoms with Crippen molar-refractivity contribution in [2.45, 2.75) is 63.6 Å². The van der Waals surface area contributed by atoms with E-state index in [1.165, 1.54) is 6.42 Å². The van der Waals surface area contributed by atoms with Crippen molar-refractivity contribution in [2.24, 2.45) is 34.8 Å². The maximum absolute atomic E-state index is 14.8. The van der Waals surface area contributed by atoms with Crippen LogP contribution in [0.3, 0.4) is 0 Å². The van der Waals surface area contributed by atoms with Gasteiger partial charge < -0.3 is 25.8 Å². The number of H-pyrrole nitrogens is 1. The molecular formula is C32H39N3O4. The lowest BCUT2D eigenvalue weighted by Gasteiger charge is -2.59. The number of primary amides is 1. The Morgan fingerprint density at radius 3 is 2.23 bits per heavy atom. The van der Waals surface area contributed by atoms with Crippen molar-refractivity contribution >= 4 is 22.7 Å². The zero-order chi connectivity index (χ0) is 27.3. The highest BCUT2D eigenvalue weighted by molar-refractivity contribution is 6.05. The van der Waals surface area contributed by atoms with Gasteiger partial charge in [-0.05, 0) is 86.3 Å². The number of nitrogens with two attached hydrogens (primary N) is 1. The fourth-order valence-corrected chi connectivity index (χ4v) is 8.28. The number of aromatic nitrogens is 1. The van der Waals surface area contributed by atoms with E-state index in [1.807, 2.05) is 60.8 Å². The Balaban J connectivity index is 1.42. The summed E-state index contributed by atoms with van der Waals surface area (Å²) in [6.07, 6.45) is 6.36. The first-order valence-electron chi connectivity index (χ1n) is 14.3. The molecular weight excluding hydrogens is 490 g/mol. The quantitative estimate of drug-likeness (QED) is 0.314.